The predicted octanol–water partition coefficient (Wildman–Crippen LogP) is 8.95. The molecule has 0 N–H and O–H groups in total. The highest BCUT2D eigenvalue weighted by molar-refractivity contribution is 6.35. The first kappa shape index (κ1) is 23.6. The van der Waals surface area contributed by atoms with Gasteiger partial charge in [0.2, 0.25) is 0 Å². The average Bonchev–Trinajstić information content (AvgIpc) is 3.00. The molecule has 0 aliphatic heterocycles. The van der Waals surface area contributed by atoms with Crippen molar-refractivity contribution in [2.75, 3.05) is 4.90 Å². The molecule has 178 valence electrons. The molecule has 0 saturated carbocycles. The highest BCUT2D eigenvalue weighted by Gasteiger charge is 2.17. The Kier molecular flexibility index (Phi) is 6.61. The summed E-state index contributed by atoms with van der Waals surface area (Å²) in [6.07, 6.45) is 0. The van der Waals surface area contributed by atoms with Crippen LogP contribution in [0.2, 0.25) is 0 Å². The van der Waals surface area contributed by atoms with Gasteiger partial charge in [-0.3, -0.25) is 0 Å². The molecule has 0 unspecified atom stereocenters. The van der Waals surface area contributed by atoms with Gasteiger partial charge in [0.25, 0.3) is 0 Å². The van der Waals surface area contributed by atoms with E-state index < -0.39 is 0 Å². The van der Waals surface area contributed by atoms with Crippen molar-refractivity contribution in [2.45, 2.75) is 0 Å². The zero-order valence-electron chi connectivity index (χ0n) is 21.0. The van der Waals surface area contributed by atoms with Crippen LogP contribution in [0.1, 0.15) is 0 Å². The van der Waals surface area contributed by atoms with Crippen LogP contribution in [0.5, 0.6) is 0 Å². The zero-order valence-corrected chi connectivity index (χ0v) is 21.0. The van der Waals surface area contributed by atoms with Gasteiger partial charge in [-0.2, -0.15) is 0 Å². The summed E-state index contributed by atoms with van der Waals surface area (Å²) < 4.78 is 0. The lowest BCUT2D eigenvalue weighted by Gasteiger charge is -2.28. The smallest absolute Gasteiger partial charge is 0.114 e. The fraction of sp³-hybridized carbons (Fsp3) is 0. The van der Waals surface area contributed by atoms with Gasteiger partial charge in [0.1, 0.15) is 7.85 Å². The predicted molar refractivity (Wildman–Crippen MR) is 163 cm³/mol. The van der Waals surface area contributed by atoms with Crippen LogP contribution >= 0.6 is 0 Å². The Morgan fingerprint density at radius 1 is 0.342 bits per heavy atom. The second-order valence-electron chi connectivity index (χ2n) is 9.27. The third kappa shape index (κ3) is 4.77. The molecule has 0 bridgehead atoms. The van der Waals surface area contributed by atoms with Crippen molar-refractivity contribution in [1.82, 2.24) is 0 Å². The van der Waals surface area contributed by atoms with Crippen LogP contribution in [-0.2, 0) is 0 Å². The van der Waals surface area contributed by atoms with Crippen LogP contribution in [0.25, 0.3) is 33.4 Å². The first-order valence-electron chi connectivity index (χ1n) is 12.8. The van der Waals surface area contributed by atoms with E-state index in [0.717, 1.165) is 33.7 Å². The lowest BCUT2D eigenvalue weighted by atomic mass is 9.87. The molecule has 38 heavy (non-hydrogen) atoms. The van der Waals surface area contributed by atoms with Gasteiger partial charge in [-0.25, -0.2) is 0 Å². The van der Waals surface area contributed by atoms with E-state index in [4.69, 9.17) is 7.85 Å². The molecule has 0 amide bonds. The summed E-state index contributed by atoms with van der Waals surface area (Å²) in [5.41, 5.74) is 11.0. The Hall–Kier alpha value is -4.82. The van der Waals surface area contributed by atoms with Crippen LogP contribution in [0.3, 0.4) is 0 Å². The summed E-state index contributed by atoms with van der Waals surface area (Å²) in [6, 6.07) is 55.1. The molecular weight excluding hydrogens is 457 g/mol. The summed E-state index contributed by atoms with van der Waals surface area (Å²) in [5.74, 6) is 0. The maximum Gasteiger partial charge on any atom is 0.114 e. The highest BCUT2D eigenvalue weighted by atomic mass is 15.1. The lowest BCUT2D eigenvalue weighted by molar-refractivity contribution is 1.28. The molecule has 0 atom stereocenters. The zero-order chi connectivity index (χ0) is 25.7. The monoisotopic (exact) mass is 483 g/mol. The average molecular weight is 483 g/mol. The first-order valence-corrected chi connectivity index (χ1v) is 12.8. The summed E-state index contributed by atoms with van der Waals surface area (Å²) in [7, 11) is 6.27. The van der Waals surface area contributed by atoms with Gasteiger partial charge in [-0.15, -0.1) is 0 Å². The van der Waals surface area contributed by atoms with Crippen LogP contribution < -0.4 is 10.4 Å². The molecule has 0 aromatic heterocycles. The van der Waals surface area contributed by atoms with Gasteiger partial charge in [0.15, 0.2) is 0 Å². The number of hydrogen-bond donors (Lipinski definition) is 0. The van der Waals surface area contributed by atoms with Crippen molar-refractivity contribution < 1.29 is 0 Å². The van der Waals surface area contributed by atoms with Crippen molar-refractivity contribution in [3.63, 3.8) is 0 Å². The minimum absolute atomic E-state index is 0.781. The standard InChI is InChI=1S/C36H26BN/c37-35-17-9-7-15-33(35)30-21-25-32(26-22-30)38(31-23-19-28(20-24-31)27-11-3-1-4-12-27)36-18-10-8-16-34(36)29-13-5-2-6-14-29/h1-26H. The van der Waals surface area contributed by atoms with E-state index >= 15 is 0 Å². The van der Waals surface area contributed by atoms with E-state index in [0.29, 0.717) is 0 Å². The lowest BCUT2D eigenvalue weighted by Crippen LogP contribution is -2.11. The number of hydrogen-bond acceptors (Lipinski definition) is 1. The normalized spacial score (nSPS) is 10.7. The molecule has 6 rings (SSSR count). The second kappa shape index (κ2) is 10.7. The topological polar surface area (TPSA) is 3.24 Å². The van der Waals surface area contributed by atoms with E-state index in [2.05, 4.69) is 138 Å². The number of para-hydroxylation sites is 1. The van der Waals surface area contributed by atoms with E-state index in [1.165, 1.54) is 22.3 Å². The van der Waals surface area contributed by atoms with Gasteiger partial charge in [0.05, 0.1) is 5.69 Å². The van der Waals surface area contributed by atoms with Crippen molar-refractivity contribution in [3.05, 3.63) is 158 Å². The SMILES string of the molecule is [B]c1ccccc1-c1ccc(N(c2ccc(-c3ccccc3)cc2)c2ccccc2-c2ccccc2)cc1. The molecule has 2 heteroatoms. The molecule has 0 saturated heterocycles. The molecule has 0 fully saturated rings. The Morgan fingerprint density at radius 2 is 0.763 bits per heavy atom. The maximum atomic E-state index is 6.27. The summed E-state index contributed by atoms with van der Waals surface area (Å²) in [4.78, 5) is 2.33. The Labute approximate surface area is 226 Å². The quantitative estimate of drug-likeness (QED) is 0.214. The van der Waals surface area contributed by atoms with Crippen molar-refractivity contribution in [3.8, 4) is 33.4 Å². The molecule has 0 aliphatic rings. The van der Waals surface area contributed by atoms with Gasteiger partial charge in [-0.1, -0.05) is 133 Å². The molecule has 2 radical (unpaired) electrons. The Bertz CT molecular complexity index is 1640. The van der Waals surface area contributed by atoms with Crippen LogP contribution in [-0.4, -0.2) is 7.85 Å². The fourth-order valence-corrected chi connectivity index (χ4v) is 4.94. The number of benzene rings is 6. The minimum atomic E-state index is 0.781. The van der Waals surface area contributed by atoms with E-state index in [1.807, 2.05) is 24.3 Å². The van der Waals surface area contributed by atoms with Gasteiger partial charge >= 0.3 is 0 Å². The number of nitrogens with zero attached hydrogens (tertiary/aromatic N) is 1. The Morgan fingerprint density at radius 3 is 1.37 bits per heavy atom. The summed E-state index contributed by atoms with van der Waals surface area (Å²) >= 11 is 0. The van der Waals surface area contributed by atoms with Crippen molar-refractivity contribution >= 4 is 30.4 Å². The first-order chi connectivity index (χ1) is 18.8. The van der Waals surface area contributed by atoms with E-state index in [-0.39, 0.29) is 0 Å². The highest BCUT2D eigenvalue weighted by Crippen LogP contribution is 2.41. The summed E-state index contributed by atoms with van der Waals surface area (Å²) in [6.45, 7) is 0. The number of rotatable bonds is 6. The molecule has 0 heterocycles. The van der Waals surface area contributed by atoms with Crippen LogP contribution in [0, 0.1) is 0 Å². The third-order valence-electron chi connectivity index (χ3n) is 6.86. The van der Waals surface area contributed by atoms with E-state index in [9.17, 15) is 0 Å². The van der Waals surface area contributed by atoms with Crippen LogP contribution in [0.15, 0.2) is 158 Å². The van der Waals surface area contributed by atoms with Crippen molar-refractivity contribution in [1.29, 1.82) is 0 Å². The molecular formula is C36H26BN. The maximum absolute atomic E-state index is 6.27. The molecule has 1 nitrogen and oxygen atoms in total. The van der Waals surface area contributed by atoms with Crippen molar-refractivity contribution in [2.24, 2.45) is 0 Å². The van der Waals surface area contributed by atoms with Gasteiger partial charge in [-0.05, 0) is 58.1 Å². The van der Waals surface area contributed by atoms with E-state index in [1.54, 1.807) is 0 Å². The molecule has 6 aromatic carbocycles. The molecule has 6 aromatic rings. The largest absolute Gasteiger partial charge is 0.310 e. The van der Waals surface area contributed by atoms with Gasteiger partial charge < -0.3 is 4.90 Å². The number of anilines is 3. The third-order valence-corrected chi connectivity index (χ3v) is 6.86. The Balaban J connectivity index is 1.47. The van der Waals surface area contributed by atoms with Crippen LogP contribution in [0.4, 0.5) is 17.1 Å². The fourth-order valence-electron chi connectivity index (χ4n) is 4.94. The second-order valence-corrected chi connectivity index (χ2v) is 9.27. The summed E-state index contributed by atoms with van der Waals surface area (Å²) in [5, 5.41) is 0. The molecule has 0 aliphatic carbocycles. The van der Waals surface area contributed by atoms with Gasteiger partial charge in [0, 0.05) is 16.9 Å². The minimum Gasteiger partial charge on any atom is -0.310 e. The molecule has 0 spiro atoms.